The van der Waals surface area contributed by atoms with Crippen LogP contribution in [0.4, 0.5) is 0 Å². The minimum absolute atomic E-state index is 0.201. The molecule has 0 aliphatic rings. The van der Waals surface area contributed by atoms with Gasteiger partial charge in [-0.1, -0.05) is 11.6 Å². The number of nitro groups is 1. The molecule has 6 heteroatoms. The van der Waals surface area contributed by atoms with Gasteiger partial charge in [-0.2, -0.15) is 0 Å². The van der Waals surface area contributed by atoms with Crippen molar-refractivity contribution in [2.45, 2.75) is 5.09 Å². The van der Waals surface area contributed by atoms with E-state index in [4.69, 9.17) is 16.0 Å². The second-order valence-corrected chi connectivity index (χ2v) is 4.62. The Bertz CT molecular complexity index is 524. The first-order valence-corrected chi connectivity index (χ1v) is 6.12. The summed E-state index contributed by atoms with van der Waals surface area (Å²) in [6.45, 7) is 0. The van der Waals surface area contributed by atoms with Crippen LogP contribution in [0.15, 0.2) is 45.9 Å². The summed E-state index contributed by atoms with van der Waals surface area (Å²) in [5, 5.41) is 11.4. The number of hydrogen-bond acceptors (Lipinski definition) is 4. The zero-order chi connectivity index (χ0) is 12.3. The lowest BCUT2D eigenvalue weighted by atomic mass is 10.2. The summed E-state index contributed by atoms with van der Waals surface area (Å²) < 4.78 is 5.48. The number of halogens is 1. The van der Waals surface area contributed by atoms with Gasteiger partial charge in [0.2, 0.25) is 0 Å². The van der Waals surface area contributed by atoms with Crippen molar-refractivity contribution < 1.29 is 9.34 Å². The van der Waals surface area contributed by atoms with E-state index in [2.05, 4.69) is 0 Å². The summed E-state index contributed by atoms with van der Waals surface area (Å²) in [6.07, 6.45) is 0. The minimum atomic E-state index is -0.394. The second kappa shape index (κ2) is 5.25. The van der Waals surface area contributed by atoms with Crippen molar-refractivity contribution in [2.75, 3.05) is 5.88 Å². The van der Waals surface area contributed by atoms with Crippen LogP contribution in [-0.4, -0.2) is 10.8 Å². The molecule has 0 N–H and O–H groups in total. The first-order chi connectivity index (χ1) is 8.15. The molecule has 1 aromatic heterocycles. The Hall–Kier alpha value is -1.46. The van der Waals surface area contributed by atoms with Crippen LogP contribution in [0.25, 0.3) is 11.3 Å². The van der Waals surface area contributed by atoms with Gasteiger partial charge in [-0.25, -0.2) is 0 Å². The van der Waals surface area contributed by atoms with Crippen LogP contribution in [0.1, 0.15) is 0 Å². The summed E-state index contributed by atoms with van der Waals surface area (Å²) in [5.41, 5.74) is 0.891. The van der Waals surface area contributed by atoms with E-state index < -0.39 is 4.92 Å². The standard InChI is InChI=1S/C11H8ClNO3S/c12-9-3-1-8(2-4-9)10-5-6-11(16-10)17-7-13(14)15/h1-6H,7H2. The summed E-state index contributed by atoms with van der Waals surface area (Å²) in [6, 6.07) is 10.7. The zero-order valence-electron chi connectivity index (χ0n) is 8.63. The first-order valence-electron chi connectivity index (χ1n) is 4.75. The quantitative estimate of drug-likeness (QED) is 0.365. The summed E-state index contributed by atoms with van der Waals surface area (Å²) in [5.74, 6) is 0.473. The highest BCUT2D eigenvalue weighted by molar-refractivity contribution is 7.99. The van der Waals surface area contributed by atoms with Gasteiger partial charge in [-0.05, 0) is 48.2 Å². The van der Waals surface area contributed by atoms with E-state index in [-0.39, 0.29) is 5.88 Å². The van der Waals surface area contributed by atoms with Gasteiger partial charge in [-0.3, -0.25) is 10.1 Å². The fraction of sp³-hybridized carbons (Fsp3) is 0.0909. The highest BCUT2D eigenvalue weighted by Gasteiger charge is 2.07. The number of thioether (sulfide) groups is 1. The molecule has 2 rings (SSSR count). The van der Waals surface area contributed by atoms with Crippen molar-refractivity contribution >= 4 is 23.4 Å². The van der Waals surface area contributed by atoms with Crippen LogP contribution in [0, 0.1) is 10.1 Å². The van der Waals surface area contributed by atoms with E-state index in [0.717, 1.165) is 17.3 Å². The van der Waals surface area contributed by atoms with Gasteiger partial charge in [0.25, 0.3) is 5.88 Å². The molecular formula is C11H8ClNO3S. The van der Waals surface area contributed by atoms with Gasteiger partial charge in [0.05, 0.1) is 0 Å². The van der Waals surface area contributed by atoms with E-state index in [9.17, 15) is 10.1 Å². The minimum Gasteiger partial charge on any atom is -0.450 e. The lowest BCUT2D eigenvalue weighted by molar-refractivity contribution is -0.456. The van der Waals surface area contributed by atoms with Gasteiger partial charge in [0, 0.05) is 15.5 Å². The maximum atomic E-state index is 10.2. The summed E-state index contributed by atoms with van der Waals surface area (Å²) in [4.78, 5) is 9.82. The number of rotatable bonds is 4. The van der Waals surface area contributed by atoms with Crippen LogP contribution < -0.4 is 0 Å². The van der Waals surface area contributed by atoms with Gasteiger partial charge in [-0.15, -0.1) is 0 Å². The molecule has 0 saturated heterocycles. The highest BCUT2D eigenvalue weighted by Crippen LogP contribution is 2.28. The molecule has 0 spiro atoms. The number of hydrogen-bond donors (Lipinski definition) is 0. The third-order valence-corrected chi connectivity index (χ3v) is 3.12. The molecule has 0 saturated carbocycles. The third kappa shape index (κ3) is 3.25. The number of furan rings is 1. The molecular weight excluding hydrogens is 262 g/mol. The van der Waals surface area contributed by atoms with Crippen LogP contribution in [0.3, 0.4) is 0 Å². The Kier molecular flexibility index (Phi) is 3.71. The molecule has 88 valence electrons. The molecule has 0 aliphatic carbocycles. The molecule has 0 unspecified atom stereocenters. The lowest BCUT2D eigenvalue weighted by Gasteiger charge is -1.96. The highest BCUT2D eigenvalue weighted by atomic mass is 35.5. The largest absolute Gasteiger partial charge is 0.450 e. The molecule has 1 heterocycles. The number of benzene rings is 1. The van der Waals surface area contributed by atoms with E-state index >= 15 is 0 Å². The van der Waals surface area contributed by atoms with Crippen LogP contribution >= 0.6 is 23.4 Å². The summed E-state index contributed by atoms with van der Waals surface area (Å²) >= 11 is 6.83. The van der Waals surface area contributed by atoms with Crippen molar-refractivity contribution in [3.63, 3.8) is 0 Å². The topological polar surface area (TPSA) is 56.3 Å². The Morgan fingerprint density at radius 2 is 1.94 bits per heavy atom. The van der Waals surface area contributed by atoms with Crippen molar-refractivity contribution in [1.82, 2.24) is 0 Å². The molecule has 0 fully saturated rings. The molecule has 2 aromatic rings. The van der Waals surface area contributed by atoms with Crippen molar-refractivity contribution in [2.24, 2.45) is 0 Å². The second-order valence-electron chi connectivity index (χ2n) is 3.23. The van der Waals surface area contributed by atoms with E-state index in [1.54, 1.807) is 24.3 Å². The Morgan fingerprint density at radius 1 is 1.24 bits per heavy atom. The lowest BCUT2D eigenvalue weighted by Crippen LogP contribution is -1.94. The maximum absolute atomic E-state index is 10.2. The van der Waals surface area contributed by atoms with Gasteiger partial charge in [0.1, 0.15) is 5.76 Å². The van der Waals surface area contributed by atoms with Crippen LogP contribution in [0.5, 0.6) is 0 Å². The molecule has 0 atom stereocenters. The predicted octanol–water partition coefficient (Wildman–Crippen LogP) is 3.93. The number of nitrogens with zero attached hydrogens (tertiary/aromatic N) is 1. The molecule has 0 amide bonds. The van der Waals surface area contributed by atoms with Gasteiger partial charge in [0.15, 0.2) is 5.09 Å². The fourth-order valence-corrected chi connectivity index (χ4v) is 1.95. The third-order valence-electron chi connectivity index (χ3n) is 2.02. The predicted molar refractivity (Wildman–Crippen MR) is 66.9 cm³/mol. The monoisotopic (exact) mass is 269 g/mol. The molecule has 17 heavy (non-hydrogen) atoms. The SMILES string of the molecule is O=[N+]([O-])CSc1ccc(-c2ccc(Cl)cc2)o1. The molecule has 0 bridgehead atoms. The zero-order valence-corrected chi connectivity index (χ0v) is 10.2. The molecule has 0 aliphatic heterocycles. The molecule has 0 radical (unpaired) electrons. The fourth-order valence-electron chi connectivity index (χ4n) is 1.28. The van der Waals surface area contributed by atoms with E-state index in [1.165, 1.54) is 0 Å². The van der Waals surface area contributed by atoms with Gasteiger partial charge >= 0.3 is 0 Å². The molecule has 4 nitrogen and oxygen atoms in total. The van der Waals surface area contributed by atoms with Crippen molar-refractivity contribution in [3.8, 4) is 11.3 Å². The Balaban J connectivity index is 2.12. The van der Waals surface area contributed by atoms with E-state index in [0.29, 0.717) is 15.9 Å². The maximum Gasteiger partial charge on any atom is 0.256 e. The summed E-state index contributed by atoms with van der Waals surface area (Å²) in [7, 11) is 0. The van der Waals surface area contributed by atoms with Crippen LogP contribution in [-0.2, 0) is 0 Å². The van der Waals surface area contributed by atoms with E-state index in [1.807, 2.05) is 12.1 Å². The average Bonchev–Trinajstić information content (AvgIpc) is 2.76. The first kappa shape index (κ1) is 12.0. The van der Waals surface area contributed by atoms with Crippen LogP contribution in [0.2, 0.25) is 5.02 Å². The normalized spacial score (nSPS) is 10.4. The molecule has 1 aromatic carbocycles. The average molecular weight is 270 g/mol. The Labute approximate surface area is 107 Å². The van der Waals surface area contributed by atoms with Crippen molar-refractivity contribution in [3.05, 3.63) is 51.5 Å². The Morgan fingerprint density at radius 3 is 2.59 bits per heavy atom. The van der Waals surface area contributed by atoms with Crippen molar-refractivity contribution in [1.29, 1.82) is 0 Å². The smallest absolute Gasteiger partial charge is 0.256 e. The van der Waals surface area contributed by atoms with Gasteiger partial charge < -0.3 is 4.42 Å².